The van der Waals surface area contributed by atoms with E-state index in [9.17, 15) is 22.0 Å². The number of fused-ring (bicyclic) bond motifs is 1. The normalized spacial score (nSPS) is 13.9. The molecule has 1 aromatic heterocycles. The third kappa shape index (κ3) is 3.24. The van der Waals surface area contributed by atoms with Gasteiger partial charge in [0.2, 0.25) is 0 Å². The first-order valence-corrected chi connectivity index (χ1v) is 5.87. The van der Waals surface area contributed by atoms with Gasteiger partial charge >= 0.3 is 6.18 Å². The molecule has 0 amide bonds. The average molecular weight is 293 g/mol. The highest BCUT2D eigenvalue weighted by Crippen LogP contribution is 2.21. The van der Waals surface area contributed by atoms with Gasteiger partial charge in [-0.2, -0.15) is 13.2 Å². The van der Waals surface area contributed by atoms with Crippen LogP contribution in [0.2, 0.25) is 0 Å². The number of benzene rings is 1. The highest BCUT2D eigenvalue weighted by molar-refractivity contribution is 5.75. The molecule has 0 saturated heterocycles. The van der Waals surface area contributed by atoms with Gasteiger partial charge in [-0.25, -0.2) is 13.8 Å². The SMILES string of the molecule is CC(CNCC(F)(F)F)n1cnc2cc(F)c(F)cc21. The zero-order chi connectivity index (χ0) is 14.9. The highest BCUT2D eigenvalue weighted by Gasteiger charge is 2.26. The maximum atomic E-state index is 13.2. The zero-order valence-electron chi connectivity index (χ0n) is 10.5. The van der Waals surface area contributed by atoms with Gasteiger partial charge in [-0.1, -0.05) is 0 Å². The summed E-state index contributed by atoms with van der Waals surface area (Å²) in [7, 11) is 0. The molecule has 0 fully saturated rings. The molecular weight excluding hydrogens is 281 g/mol. The number of rotatable bonds is 4. The minimum atomic E-state index is -4.29. The van der Waals surface area contributed by atoms with Crippen LogP contribution in [0, 0.1) is 11.6 Å². The van der Waals surface area contributed by atoms with Crippen molar-refractivity contribution in [3.8, 4) is 0 Å². The fourth-order valence-corrected chi connectivity index (χ4v) is 1.90. The van der Waals surface area contributed by atoms with Gasteiger partial charge in [-0.15, -0.1) is 0 Å². The lowest BCUT2D eigenvalue weighted by Crippen LogP contribution is -2.32. The third-order valence-corrected chi connectivity index (χ3v) is 2.86. The number of aromatic nitrogens is 2. The number of nitrogens with zero attached hydrogens (tertiary/aromatic N) is 2. The molecule has 20 heavy (non-hydrogen) atoms. The zero-order valence-corrected chi connectivity index (χ0v) is 10.5. The first-order chi connectivity index (χ1) is 9.28. The van der Waals surface area contributed by atoms with Gasteiger partial charge in [0.05, 0.1) is 23.9 Å². The average Bonchev–Trinajstić information content (AvgIpc) is 2.71. The number of halogens is 5. The summed E-state index contributed by atoms with van der Waals surface area (Å²) in [5.41, 5.74) is 0.594. The van der Waals surface area contributed by atoms with Crippen LogP contribution in [-0.2, 0) is 0 Å². The Hall–Kier alpha value is -1.70. The quantitative estimate of drug-likeness (QED) is 0.878. The summed E-state index contributed by atoms with van der Waals surface area (Å²) in [5, 5.41) is 2.26. The molecule has 2 rings (SSSR count). The van der Waals surface area contributed by atoms with Crippen molar-refractivity contribution in [2.75, 3.05) is 13.1 Å². The Labute approximate surface area is 111 Å². The molecule has 1 N–H and O–H groups in total. The predicted molar refractivity (Wildman–Crippen MR) is 63.3 cm³/mol. The molecule has 3 nitrogen and oxygen atoms in total. The standard InChI is InChI=1S/C12H12F5N3/c1-7(4-18-5-12(15,16)17)20-6-19-10-2-8(13)9(14)3-11(10)20/h2-3,6-7,18H,4-5H2,1H3. The van der Waals surface area contributed by atoms with Crippen molar-refractivity contribution in [3.63, 3.8) is 0 Å². The van der Waals surface area contributed by atoms with Crippen LogP contribution < -0.4 is 5.32 Å². The number of hydrogen-bond donors (Lipinski definition) is 1. The van der Waals surface area contributed by atoms with E-state index in [0.717, 1.165) is 12.1 Å². The molecule has 0 spiro atoms. The van der Waals surface area contributed by atoms with Crippen LogP contribution in [0.15, 0.2) is 18.5 Å². The van der Waals surface area contributed by atoms with E-state index in [4.69, 9.17) is 0 Å². The molecule has 0 aliphatic rings. The van der Waals surface area contributed by atoms with Crippen molar-refractivity contribution in [1.29, 1.82) is 0 Å². The molecule has 8 heteroatoms. The van der Waals surface area contributed by atoms with Crippen LogP contribution in [-0.4, -0.2) is 28.8 Å². The third-order valence-electron chi connectivity index (χ3n) is 2.86. The van der Waals surface area contributed by atoms with Gasteiger partial charge in [0.15, 0.2) is 11.6 Å². The Balaban J connectivity index is 2.14. The molecule has 0 aliphatic heterocycles. The number of alkyl halides is 3. The van der Waals surface area contributed by atoms with Crippen molar-refractivity contribution >= 4 is 11.0 Å². The summed E-state index contributed by atoms with van der Waals surface area (Å²) in [6.07, 6.45) is -2.94. The van der Waals surface area contributed by atoms with E-state index in [1.807, 2.05) is 0 Å². The van der Waals surface area contributed by atoms with Crippen LogP contribution in [0.5, 0.6) is 0 Å². The summed E-state index contributed by atoms with van der Waals surface area (Å²) in [5.74, 6) is -2.03. The van der Waals surface area contributed by atoms with E-state index in [1.54, 1.807) is 6.92 Å². The second-order valence-corrected chi connectivity index (χ2v) is 4.50. The van der Waals surface area contributed by atoms with E-state index in [1.165, 1.54) is 10.9 Å². The lowest BCUT2D eigenvalue weighted by Gasteiger charge is -2.16. The lowest BCUT2D eigenvalue weighted by atomic mass is 10.2. The summed E-state index contributed by atoms with van der Waals surface area (Å²) < 4.78 is 63.8. The second kappa shape index (κ2) is 5.35. The molecule has 1 atom stereocenters. The van der Waals surface area contributed by atoms with Crippen LogP contribution in [0.25, 0.3) is 11.0 Å². The van der Waals surface area contributed by atoms with Gasteiger partial charge in [-0.05, 0) is 6.92 Å². The van der Waals surface area contributed by atoms with E-state index in [0.29, 0.717) is 5.52 Å². The summed E-state index contributed by atoms with van der Waals surface area (Å²) in [6, 6.07) is 1.56. The van der Waals surface area contributed by atoms with Gasteiger partial charge in [0.1, 0.15) is 0 Å². The first kappa shape index (κ1) is 14.7. The maximum absolute atomic E-state index is 13.2. The maximum Gasteiger partial charge on any atom is 0.401 e. The van der Waals surface area contributed by atoms with Crippen LogP contribution >= 0.6 is 0 Å². The Morgan fingerprint density at radius 1 is 1.25 bits per heavy atom. The Morgan fingerprint density at radius 2 is 1.90 bits per heavy atom. The van der Waals surface area contributed by atoms with Crippen molar-refractivity contribution in [3.05, 3.63) is 30.1 Å². The van der Waals surface area contributed by atoms with Crippen molar-refractivity contribution in [2.45, 2.75) is 19.1 Å². The van der Waals surface area contributed by atoms with Crippen LogP contribution in [0.4, 0.5) is 22.0 Å². The molecule has 0 aliphatic carbocycles. The van der Waals surface area contributed by atoms with Gasteiger partial charge in [0, 0.05) is 24.7 Å². The molecule has 1 aromatic carbocycles. The minimum Gasteiger partial charge on any atom is -0.326 e. The van der Waals surface area contributed by atoms with Crippen LogP contribution in [0.3, 0.4) is 0 Å². The Kier molecular flexibility index (Phi) is 3.94. The summed E-state index contributed by atoms with van der Waals surface area (Å²) >= 11 is 0. The molecular formula is C12H12F5N3. The van der Waals surface area contributed by atoms with E-state index in [2.05, 4.69) is 10.3 Å². The summed E-state index contributed by atoms with van der Waals surface area (Å²) in [4.78, 5) is 3.90. The number of hydrogen-bond acceptors (Lipinski definition) is 2. The fraction of sp³-hybridized carbons (Fsp3) is 0.417. The number of nitrogens with one attached hydrogen (secondary N) is 1. The molecule has 0 radical (unpaired) electrons. The highest BCUT2D eigenvalue weighted by atomic mass is 19.4. The van der Waals surface area contributed by atoms with Crippen molar-refractivity contribution in [2.24, 2.45) is 0 Å². The number of imidazole rings is 1. The molecule has 0 saturated carbocycles. The van der Waals surface area contributed by atoms with Crippen LogP contribution in [0.1, 0.15) is 13.0 Å². The van der Waals surface area contributed by atoms with Gasteiger partial charge in [-0.3, -0.25) is 0 Å². The van der Waals surface area contributed by atoms with E-state index >= 15 is 0 Å². The van der Waals surface area contributed by atoms with E-state index in [-0.39, 0.29) is 18.1 Å². The Morgan fingerprint density at radius 3 is 2.55 bits per heavy atom. The largest absolute Gasteiger partial charge is 0.401 e. The molecule has 1 heterocycles. The molecule has 0 bridgehead atoms. The minimum absolute atomic E-state index is 0.0317. The topological polar surface area (TPSA) is 29.9 Å². The smallest absolute Gasteiger partial charge is 0.326 e. The molecule has 1 unspecified atom stereocenters. The van der Waals surface area contributed by atoms with Crippen molar-refractivity contribution < 1.29 is 22.0 Å². The first-order valence-electron chi connectivity index (χ1n) is 5.87. The van der Waals surface area contributed by atoms with Gasteiger partial charge in [0.25, 0.3) is 0 Å². The van der Waals surface area contributed by atoms with E-state index < -0.39 is 24.4 Å². The Bertz CT molecular complexity index is 605. The second-order valence-electron chi connectivity index (χ2n) is 4.50. The predicted octanol–water partition coefficient (Wildman–Crippen LogP) is 3.03. The van der Waals surface area contributed by atoms with Gasteiger partial charge < -0.3 is 9.88 Å². The molecule has 110 valence electrons. The fourth-order valence-electron chi connectivity index (χ4n) is 1.90. The molecule has 2 aromatic rings. The lowest BCUT2D eigenvalue weighted by molar-refractivity contribution is -0.124. The van der Waals surface area contributed by atoms with Crippen molar-refractivity contribution in [1.82, 2.24) is 14.9 Å². The summed E-state index contributed by atoms with van der Waals surface area (Å²) in [6.45, 7) is 0.586. The monoisotopic (exact) mass is 293 g/mol.